The first kappa shape index (κ1) is 15.9. The topological polar surface area (TPSA) is 32.3 Å². The van der Waals surface area contributed by atoms with E-state index in [9.17, 15) is 5.11 Å². The molecular weight excluding hydrogens is 266 g/mol. The Hall–Kier alpha value is -0.510. The van der Waals surface area contributed by atoms with Gasteiger partial charge in [0, 0.05) is 21.7 Å². The summed E-state index contributed by atoms with van der Waals surface area (Å²) in [5, 5.41) is 13.8. The van der Waals surface area contributed by atoms with Crippen LogP contribution in [-0.4, -0.2) is 28.5 Å². The molecule has 2 nitrogen and oxygen atoms in total. The van der Waals surface area contributed by atoms with E-state index in [0.29, 0.717) is 11.3 Å². The number of aliphatic hydroxyl groups is 1. The van der Waals surface area contributed by atoms with Gasteiger partial charge in [0.2, 0.25) is 0 Å². The summed E-state index contributed by atoms with van der Waals surface area (Å²) in [5.41, 5.74) is 2.55. The highest BCUT2D eigenvalue weighted by molar-refractivity contribution is 7.99. The third kappa shape index (κ3) is 4.51. The summed E-state index contributed by atoms with van der Waals surface area (Å²) >= 11 is 1.91. The molecule has 0 radical (unpaired) electrons. The molecule has 2 rings (SSSR count). The minimum absolute atomic E-state index is 0.146. The Morgan fingerprint density at radius 3 is 2.60 bits per heavy atom. The predicted octanol–water partition coefficient (Wildman–Crippen LogP) is 3.68. The van der Waals surface area contributed by atoms with Gasteiger partial charge < -0.3 is 10.4 Å². The summed E-state index contributed by atoms with van der Waals surface area (Å²) in [6, 6.07) is 7.29. The zero-order chi connectivity index (χ0) is 14.8. The summed E-state index contributed by atoms with van der Waals surface area (Å²) in [7, 11) is 0. The Morgan fingerprint density at radius 2 is 2.05 bits per heavy atom. The fourth-order valence-corrected chi connectivity index (χ4v) is 3.89. The van der Waals surface area contributed by atoms with Crippen molar-refractivity contribution in [2.75, 3.05) is 6.61 Å². The molecule has 0 amide bonds. The average molecular weight is 293 g/mol. The second kappa shape index (κ2) is 6.50. The van der Waals surface area contributed by atoms with E-state index in [0.717, 1.165) is 6.42 Å². The van der Waals surface area contributed by atoms with E-state index in [1.807, 2.05) is 11.8 Å². The average Bonchev–Trinajstić information content (AvgIpc) is 3.17. The third-order valence-electron chi connectivity index (χ3n) is 4.03. The monoisotopic (exact) mass is 293 g/mol. The Labute approximate surface area is 127 Å². The molecule has 1 fully saturated rings. The van der Waals surface area contributed by atoms with Crippen LogP contribution in [0.4, 0.5) is 0 Å². The van der Waals surface area contributed by atoms with Gasteiger partial charge in [-0.05, 0) is 63.3 Å². The highest BCUT2D eigenvalue weighted by Crippen LogP contribution is 2.31. The first-order valence-electron chi connectivity index (χ1n) is 7.54. The van der Waals surface area contributed by atoms with Gasteiger partial charge in [0.15, 0.2) is 0 Å². The number of nitrogens with one attached hydrogen (secondary N) is 1. The first-order chi connectivity index (χ1) is 9.42. The van der Waals surface area contributed by atoms with Gasteiger partial charge >= 0.3 is 0 Å². The highest BCUT2D eigenvalue weighted by Gasteiger charge is 2.33. The molecule has 0 bridgehead atoms. The first-order valence-corrected chi connectivity index (χ1v) is 8.42. The van der Waals surface area contributed by atoms with Crippen molar-refractivity contribution in [3.63, 3.8) is 0 Å². The van der Waals surface area contributed by atoms with E-state index in [1.54, 1.807) is 0 Å². The Morgan fingerprint density at radius 1 is 1.35 bits per heavy atom. The van der Waals surface area contributed by atoms with Crippen LogP contribution in [-0.2, 0) is 0 Å². The third-order valence-corrected chi connectivity index (χ3v) is 5.13. The zero-order valence-corrected chi connectivity index (χ0v) is 13.9. The molecule has 1 saturated carbocycles. The molecule has 20 heavy (non-hydrogen) atoms. The van der Waals surface area contributed by atoms with Gasteiger partial charge in [-0.15, -0.1) is 11.8 Å². The van der Waals surface area contributed by atoms with Crippen LogP contribution in [0.15, 0.2) is 23.1 Å². The van der Waals surface area contributed by atoms with Gasteiger partial charge in [0.05, 0.1) is 6.61 Å². The van der Waals surface area contributed by atoms with Crippen molar-refractivity contribution in [3.8, 4) is 0 Å². The van der Waals surface area contributed by atoms with Crippen molar-refractivity contribution in [1.82, 2.24) is 5.32 Å². The molecule has 0 aromatic heterocycles. The standard InChI is InChI=1S/C17H27NOS/c1-12-5-8-16(9-13(12)2)20-14(3)10-17(4,11-19)18-15-6-7-15/h5,8-9,14-15,18-19H,6-7,10-11H2,1-4H3. The quantitative estimate of drug-likeness (QED) is 0.752. The predicted molar refractivity (Wildman–Crippen MR) is 87.5 cm³/mol. The van der Waals surface area contributed by atoms with Gasteiger partial charge in [-0.1, -0.05) is 13.0 Å². The normalized spacial score (nSPS) is 19.6. The van der Waals surface area contributed by atoms with Crippen LogP contribution in [0.3, 0.4) is 0 Å². The van der Waals surface area contributed by atoms with E-state index in [-0.39, 0.29) is 12.1 Å². The van der Waals surface area contributed by atoms with Crippen molar-refractivity contribution < 1.29 is 5.11 Å². The maximum atomic E-state index is 9.69. The largest absolute Gasteiger partial charge is 0.394 e. The fraction of sp³-hybridized carbons (Fsp3) is 0.647. The molecule has 1 aliphatic carbocycles. The molecule has 0 saturated heterocycles. The lowest BCUT2D eigenvalue weighted by Crippen LogP contribution is -2.48. The molecule has 0 heterocycles. The van der Waals surface area contributed by atoms with Crippen LogP contribution < -0.4 is 5.32 Å². The van der Waals surface area contributed by atoms with Crippen LogP contribution in [0.2, 0.25) is 0 Å². The van der Waals surface area contributed by atoms with E-state index in [2.05, 4.69) is 51.2 Å². The number of hydrogen-bond acceptors (Lipinski definition) is 3. The summed E-state index contributed by atoms with van der Waals surface area (Å²) < 4.78 is 0. The molecule has 1 aromatic rings. The molecule has 1 aliphatic rings. The van der Waals surface area contributed by atoms with Crippen LogP contribution in [0.25, 0.3) is 0 Å². The Kier molecular flexibility index (Phi) is 5.16. The molecular formula is C17H27NOS. The van der Waals surface area contributed by atoms with Crippen molar-refractivity contribution >= 4 is 11.8 Å². The summed E-state index contributed by atoms with van der Waals surface area (Å²) in [6.45, 7) is 8.92. The Balaban J connectivity index is 1.92. The van der Waals surface area contributed by atoms with Gasteiger partial charge in [0.25, 0.3) is 0 Å². The maximum Gasteiger partial charge on any atom is 0.0611 e. The van der Waals surface area contributed by atoms with Crippen LogP contribution >= 0.6 is 11.8 Å². The second-order valence-electron chi connectivity index (χ2n) is 6.52. The highest BCUT2D eigenvalue weighted by atomic mass is 32.2. The van der Waals surface area contributed by atoms with E-state index in [4.69, 9.17) is 0 Å². The molecule has 0 spiro atoms. The molecule has 2 atom stereocenters. The lowest BCUT2D eigenvalue weighted by molar-refractivity contribution is 0.164. The minimum atomic E-state index is -0.146. The molecule has 2 N–H and O–H groups in total. The van der Waals surface area contributed by atoms with Crippen molar-refractivity contribution in [2.45, 2.75) is 68.7 Å². The second-order valence-corrected chi connectivity index (χ2v) is 8.03. The lowest BCUT2D eigenvalue weighted by atomic mass is 9.97. The number of aliphatic hydroxyl groups excluding tert-OH is 1. The van der Waals surface area contributed by atoms with Crippen LogP contribution in [0, 0.1) is 13.8 Å². The van der Waals surface area contributed by atoms with E-state index >= 15 is 0 Å². The smallest absolute Gasteiger partial charge is 0.0611 e. The van der Waals surface area contributed by atoms with Crippen molar-refractivity contribution in [1.29, 1.82) is 0 Å². The molecule has 1 aromatic carbocycles. The Bertz CT molecular complexity index is 458. The van der Waals surface area contributed by atoms with Crippen molar-refractivity contribution in [2.24, 2.45) is 0 Å². The molecule has 3 heteroatoms. The van der Waals surface area contributed by atoms with Gasteiger partial charge in [-0.3, -0.25) is 0 Å². The zero-order valence-electron chi connectivity index (χ0n) is 13.1. The van der Waals surface area contributed by atoms with Crippen molar-refractivity contribution in [3.05, 3.63) is 29.3 Å². The van der Waals surface area contributed by atoms with E-state index in [1.165, 1.54) is 28.9 Å². The number of aryl methyl sites for hydroxylation is 2. The van der Waals surface area contributed by atoms with Gasteiger partial charge in [-0.25, -0.2) is 0 Å². The number of thioether (sulfide) groups is 1. The fourth-order valence-electron chi connectivity index (χ4n) is 2.59. The number of benzene rings is 1. The number of hydrogen-bond donors (Lipinski definition) is 2. The van der Waals surface area contributed by atoms with E-state index < -0.39 is 0 Å². The minimum Gasteiger partial charge on any atom is -0.394 e. The van der Waals surface area contributed by atoms with Gasteiger partial charge in [-0.2, -0.15) is 0 Å². The summed E-state index contributed by atoms with van der Waals surface area (Å²) in [4.78, 5) is 1.33. The molecule has 0 aliphatic heterocycles. The van der Waals surface area contributed by atoms with Crippen LogP contribution in [0.1, 0.15) is 44.2 Å². The summed E-state index contributed by atoms with van der Waals surface area (Å²) in [6.07, 6.45) is 3.50. The molecule has 2 unspecified atom stereocenters. The van der Waals surface area contributed by atoms with Gasteiger partial charge in [0.1, 0.15) is 0 Å². The lowest BCUT2D eigenvalue weighted by Gasteiger charge is -2.31. The maximum absolute atomic E-state index is 9.69. The summed E-state index contributed by atoms with van der Waals surface area (Å²) in [5.74, 6) is 0. The SMILES string of the molecule is Cc1ccc(SC(C)CC(C)(CO)NC2CC2)cc1C. The number of rotatable bonds is 7. The van der Waals surface area contributed by atoms with Crippen LogP contribution in [0.5, 0.6) is 0 Å². The molecule has 112 valence electrons.